The van der Waals surface area contributed by atoms with Gasteiger partial charge in [0.2, 0.25) is 0 Å². The van der Waals surface area contributed by atoms with Crippen molar-refractivity contribution in [2.75, 3.05) is 31.1 Å². The molecular weight excluding hydrogens is 300 g/mol. The van der Waals surface area contributed by atoms with Crippen LogP contribution in [-0.4, -0.2) is 40.6 Å². The van der Waals surface area contributed by atoms with Gasteiger partial charge in [0.15, 0.2) is 5.43 Å². The summed E-state index contributed by atoms with van der Waals surface area (Å²) < 4.78 is 2.16. The smallest absolute Gasteiger partial charge is 0.189 e. The lowest BCUT2D eigenvalue weighted by atomic mass is 10.2. The number of nitrogens with zero attached hydrogens (tertiary/aromatic N) is 4. The topological polar surface area (TPSA) is 41.4 Å². The molecule has 0 atom stereocenters. The number of para-hydroxylation sites is 1. The predicted molar refractivity (Wildman–Crippen MR) is 96.2 cm³/mol. The van der Waals surface area contributed by atoms with Crippen LogP contribution in [0.4, 0.5) is 5.82 Å². The Kier molecular flexibility index (Phi) is 4.01. The molecule has 0 aliphatic carbocycles. The van der Waals surface area contributed by atoms with Gasteiger partial charge >= 0.3 is 0 Å². The molecule has 1 aromatic carbocycles. The maximum absolute atomic E-state index is 12.0. The third-order valence-electron chi connectivity index (χ3n) is 4.58. The van der Waals surface area contributed by atoms with Gasteiger partial charge in [-0.05, 0) is 24.3 Å². The molecule has 2 aromatic heterocycles. The van der Waals surface area contributed by atoms with Crippen molar-refractivity contribution in [3.8, 4) is 0 Å². The maximum Gasteiger partial charge on any atom is 0.189 e. The van der Waals surface area contributed by atoms with E-state index in [1.807, 2.05) is 48.8 Å². The minimum atomic E-state index is 0.0850. The monoisotopic (exact) mass is 320 g/mol. The van der Waals surface area contributed by atoms with Gasteiger partial charge in [-0.15, -0.1) is 0 Å². The van der Waals surface area contributed by atoms with Gasteiger partial charge in [0, 0.05) is 50.0 Å². The normalized spacial score (nSPS) is 15.8. The van der Waals surface area contributed by atoms with E-state index in [0.717, 1.165) is 49.6 Å². The van der Waals surface area contributed by atoms with E-state index in [2.05, 4.69) is 25.4 Å². The van der Waals surface area contributed by atoms with Gasteiger partial charge in [-0.25, -0.2) is 4.98 Å². The fourth-order valence-corrected chi connectivity index (χ4v) is 3.26. The zero-order valence-electron chi connectivity index (χ0n) is 13.5. The first-order chi connectivity index (χ1) is 11.8. The van der Waals surface area contributed by atoms with E-state index < -0.39 is 0 Å². The van der Waals surface area contributed by atoms with Gasteiger partial charge in [-0.2, -0.15) is 0 Å². The van der Waals surface area contributed by atoms with Gasteiger partial charge < -0.3 is 9.47 Å². The summed E-state index contributed by atoms with van der Waals surface area (Å²) in [5.74, 6) is 1.05. The minimum absolute atomic E-state index is 0.0850. The number of fused-ring (bicyclic) bond motifs is 1. The fraction of sp³-hybridized carbons (Fsp3) is 0.263. The molecule has 3 heterocycles. The van der Waals surface area contributed by atoms with Crippen molar-refractivity contribution in [1.29, 1.82) is 0 Å². The highest BCUT2D eigenvalue weighted by molar-refractivity contribution is 5.78. The van der Waals surface area contributed by atoms with Gasteiger partial charge in [0.05, 0.1) is 12.2 Å². The Hall–Kier alpha value is -2.66. The van der Waals surface area contributed by atoms with Crippen LogP contribution in [0.3, 0.4) is 0 Å². The Morgan fingerprint density at radius 1 is 0.917 bits per heavy atom. The molecular formula is C19H20N4O. The largest absolute Gasteiger partial charge is 0.354 e. The zero-order valence-corrected chi connectivity index (χ0v) is 13.5. The standard InChI is InChI=1S/C19H20N4O/c24-18-8-10-23(17-6-2-1-5-16(17)18)15-21-11-13-22(14-12-21)19-7-3-4-9-20-19/h1-10H,11-15H2. The van der Waals surface area contributed by atoms with Crippen LogP contribution in [0.2, 0.25) is 0 Å². The van der Waals surface area contributed by atoms with Gasteiger partial charge in [0.1, 0.15) is 5.82 Å². The Morgan fingerprint density at radius 2 is 1.71 bits per heavy atom. The van der Waals surface area contributed by atoms with E-state index in [1.54, 1.807) is 6.07 Å². The van der Waals surface area contributed by atoms with Gasteiger partial charge in [-0.3, -0.25) is 9.69 Å². The summed E-state index contributed by atoms with van der Waals surface area (Å²) in [7, 11) is 0. The number of benzene rings is 1. The van der Waals surface area contributed by atoms with E-state index in [9.17, 15) is 4.79 Å². The second-order valence-electron chi connectivity index (χ2n) is 6.10. The molecule has 24 heavy (non-hydrogen) atoms. The Labute approximate surface area is 140 Å². The number of rotatable bonds is 3. The lowest BCUT2D eigenvalue weighted by Crippen LogP contribution is -2.47. The first kappa shape index (κ1) is 14.9. The van der Waals surface area contributed by atoms with E-state index >= 15 is 0 Å². The first-order valence-corrected chi connectivity index (χ1v) is 8.28. The molecule has 122 valence electrons. The number of pyridine rings is 2. The Morgan fingerprint density at radius 3 is 2.50 bits per heavy atom. The van der Waals surface area contributed by atoms with Gasteiger partial charge in [-0.1, -0.05) is 18.2 Å². The third-order valence-corrected chi connectivity index (χ3v) is 4.58. The summed E-state index contributed by atoms with van der Waals surface area (Å²) in [5.41, 5.74) is 1.08. The quantitative estimate of drug-likeness (QED) is 0.742. The van der Waals surface area contributed by atoms with Crippen LogP contribution in [-0.2, 0) is 6.67 Å². The third kappa shape index (κ3) is 2.90. The summed E-state index contributed by atoms with van der Waals surface area (Å²) in [5, 5.41) is 0.784. The van der Waals surface area contributed by atoms with Crippen LogP contribution in [0.1, 0.15) is 0 Å². The Bertz CT molecular complexity index is 883. The van der Waals surface area contributed by atoms with Crippen LogP contribution >= 0.6 is 0 Å². The molecule has 4 rings (SSSR count). The second kappa shape index (κ2) is 6.45. The molecule has 5 nitrogen and oxygen atoms in total. The molecule has 3 aromatic rings. The van der Waals surface area contributed by atoms with Crippen molar-refractivity contribution >= 4 is 16.7 Å². The molecule has 0 saturated carbocycles. The summed E-state index contributed by atoms with van der Waals surface area (Å²) in [6, 6.07) is 15.5. The van der Waals surface area contributed by atoms with Crippen molar-refractivity contribution in [2.24, 2.45) is 0 Å². The van der Waals surface area contributed by atoms with Crippen LogP contribution in [0, 0.1) is 0 Å². The second-order valence-corrected chi connectivity index (χ2v) is 6.10. The van der Waals surface area contributed by atoms with E-state index in [1.165, 1.54) is 0 Å². The molecule has 1 aliphatic rings. The van der Waals surface area contributed by atoms with Crippen LogP contribution in [0.15, 0.2) is 65.7 Å². The van der Waals surface area contributed by atoms with Crippen molar-refractivity contribution < 1.29 is 0 Å². The molecule has 0 bridgehead atoms. The molecule has 0 radical (unpaired) electrons. The van der Waals surface area contributed by atoms with E-state index in [4.69, 9.17) is 0 Å². The fourth-order valence-electron chi connectivity index (χ4n) is 3.26. The number of hydrogen-bond acceptors (Lipinski definition) is 4. The van der Waals surface area contributed by atoms with Crippen molar-refractivity contribution in [3.63, 3.8) is 0 Å². The van der Waals surface area contributed by atoms with E-state index in [0.29, 0.717) is 0 Å². The van der Waals surface area contributed by atoms with Crippen LogP contribution in [0.5, 0.6) is 0 Å². The van der Waals surface area contributed by atoms with Crippen molar-refractivity contribution in [3.05, 3.63) is 71.1 Å². The van der Waals surface area contributed by atoms with Crippen molar-refractivity contribution in [2.45, 2.75) is 6.67 Å². The molecule has 0 N–H and O–H groups in total. The summed E-state index contributed by atoms with van der Waals surface area (Å²) >= 11 is 0. The SMILES string of the molecule is O=c1ccn(CN2CCN(c3ccccn3)CC2)c2ccccc12. The predicted octanol–water partition coefficient (Wildman–Crippen LogP) is 2.18. The van der Waals surface area contributed by atoms with E-state index in [-0.39, 0.29) is 5.43 Å². The van der Waals surface area contributed by atoms with Gasteiger partial charge in [0.25, 0.3) is 0 Å². The molecule has 1 saturated heterocycles. The molecule has 0 spiro atoms. The lowest BCUT2D eigenvalue weighted by Gasteiger charge is -2.35. The highest BCUT2D eigenvalue weighted by Gasteiger charge is 2.18. The average molecular weight is 320 g/mol. The molecule has 0 unspecified atom stereocenters. The lowest BCUT2D eigenvalue weighted by molar-refractivity contribution is 0.208. The first-order valence-electron chi connectivity index (χ1n) is 8.28. The summed E-state index contributed by atoms with van der Waals surface area (Å²) in [4.78, 5) is 21.1. The number of anilines is 1. The van der Waals surface area contributed by atoms with Crippen molar-refractivity contribution in [1.82, 2.24) is 14.5 Å². The Balaban J connectivity index is 1.48. The average Bonchev–Trinajstić information content (AvgIpc) is 2.66. The van der Waals surface area contributed by atoms with Crippen LogP contribution in [0.25, 0.3) is 10.9 Å². The minimum Gasteiger partial charge on any atom is -0.354 e. The molecule has 5 heteroatoms. The maximum atomic E-state index is 12.0. The summed E-state index contributed by atoms with van der Waals surface area (Å²) in [6.45, 7) is 4.70. The zero-order chi connectivity index (χ0) is 16.4. The van der Waals surface area contributed by atoms with Crippen LogP contribution < -0.4 is 10.3 Å². The molecule has 1 aliphatic heterocycles. The molecule has 1 fully saturated rings. The summed E-state index contributed by atoms with van der Waals surface area (Å²) in [6.07, 6.45) is 3.74. The highest BCUT2D eigenvalue weighted by atomic mass is 16.1. The molecule has 0 amide bonds. The number of hydrogen-bond donors (Lipinski definition) is 0. The number of aromatic nitrogens is 2. The number of piperazine rings is 1. The highest BCUT2D eigenvalue weighted by Crippen LogP contribution is 2.15.